The highest BCUT2D eigenvalue weighted by atomic mass is 32.2. The van der Waals surface area contributed by atoms with Crippen LogP contribution in [-0.2, 0) is 10.0 Å². The van der Waals surface area contributed by atoms with Gasteiger partial charge < -0.3 is 9.52 Å². The highest BCUT2D eigenvalue weighted by Gasteiger charge is 2.21. The maximum atomic E-state index is 12.3. The molecule has 1 aromatic heterocycles. The topological polar surface area (TPSA) is 79.5 Å². The van der Waals surface area contributed by atoms with Gasteiger partial charge in [0.2, 0.25) is 5.09 Å². The Morgan fingerprint density at radius 3 is 2.57 bits per heavy atom. The molecular weight excluding hydrogens is 314 g/mol. The number of aliphatic hydroxyl groups excluding tert-OH is 1. The first-order chi connectivity index (χ1) is 11.0. The van der Waals surface area contributed by atoms with Crippen LogP contribution in [0.25, 0.3) is 11.0 Å². The Balaban J connectivity index is 1.77. The SMILES string of the molecule is Cc1ccccc1[C@@H](O)CNS(=O)(=O)c1cc2ccccc2o1. The zero-order valence-electron chi connectivity index (χ0n) is 12.6. The first-order valence-corrected chi connectivity index (χ1v) is 8.67. The van der Waals surface area contributed by atoms with Crippen molar-refractivity contribution in [3.8, 4) is 0 Å². The van der Waals surface area contributed by atoms with Gasteiger partial charge in [0.25, 0.3) is 10.0 Å². The average Bonchev–Trinajstić information content (AvgIpc) is 2.98. The summed E-state index contributed by atoms with van der Waals surface area (Å²) in [5, 5.41) is 10.8. The Labute approximate surface area is 134 Å². The number of aliphatic hydroxyl groups is 1. The minimum Gasteiger partial charge on any atom is -0.443 e. The van der Waals surface area contributed by atoms with Crippen molar-refractivity contribution in [3.63, 3.8) is 0 Å². The predicted octanol–water partition coefficient (Wildman–Crippen LogP) is 2.75. The third-order valence-corrected chi connectivity index (χ3v) is 4.96. The van der Waals surface area contributed by atoms with Crippen molar-refractivity contribution in [1.29, 1.82) is 0 Å². The van der Waals surface area contributed by atoms with Gasteiger partial charge in [-0.2, -0.15) is 0 Å². The van der Waals surface area contributed by atoms with E-state index in [9.17, 15) is 13.5 Å². The lowest BCUT2D eigenvalue weighted by molar-refractivity contribution is 0.181. The van der Waals surface area contributed by atoms with Crippen LogP contribution in [0.15, 0.2) is 64.1 Å². The lowest BCUT2D eigenvalue weighted by Gasteiger charge is -2.14. The molecular formula is C17H17NO4S. The van der Waals surface area contributed by atoms with Crippen LogP contribution in [0.5, 0.6) is 0 Å². The number of benzene rings is 2. The second kappa shape index (κ2) is 6.16. The van der Waals surface area contributed by atoms with Gasteiger partial charge in [-0.05, 0) is 24.1 Å². The van der Waals surface area contributed by atoms with Crippen LogP contribution < -0.4 is 4.72 Å². The maximum absolute atomic E-state index is 12.3. The average molecular weight is 331 g/mol. The lowest BCUT2D eigenvalue weighted by Crippen LogP contribution is -2.28. The van der Waals surface area contributed by atoms with Gasteiger partial charge in [0, 0.05) is 18.0 Å². The summed E-state index contributed by atoms with van der Waals surface area (Å²) < 4.78 is 32.4. The number of hydrogen-bond donors (Lipinski definition) is 2. The van der Waals surface area contributed by atoms with E-state index in [1.165, 1.54) is 6.07 Å². The molecule has 0 saturated heterocycles. The third kappa shape index (κ3) is 3.29. The number of rotatable bonds is 5. The van der Waals surface area contributed by atoms with Crippen molar-refractivity contribution in [2.45, 2.75) is 18.1 Å². The Morgan fingerprint density at radius 1 is 1.13 bits per heavy atom. The first-order valence-electron chi connectivity index (χ1n) is 7.19. The van der Waals surface area contributed by atoms with Crippen molar-refractivity contribution in [2.75, 3.05) is 6.54 Å². The van der Waals surface area contributed by atoms with Crippen LogP contribution in [0.3, 0.4) is 0 Å². The number of nitrogens with one attached hydrogen (secondary N) is 1. The van der Waals surface area contributed by atoms with Crippen molar-refractivity contribution in [2.24, 2.45) is 0 Å². The summed E-state index contributed by atoms with van der Waals surface area (Å²) in [6.45, 7) is 1.75. The molecule has 0 saturated carbocycles. The molecule has 0 amide bonds. The Morgan fingerprint density at radius 2 is 1.83 bits per heavy atom. The van der Waals surface area contributed by atoms with Gasteiger partial charge in [0.1, 0.15) is 5.58 Å². The molecule has 0 radical (unpaired) electrons. The fraction of sp³-hybridized carbons (Fsp3) is 0.176. The number of fused-ring (bicyclic) bond motifs is 1. The summed E-state index contributed by atoms with van der Waals surface area (Å²) >= 11 is 0. The first kappa shape index (κ1) is 15.7. The van der Waals surface area contributed by atoms with E-state index < -0.39 is 16.1 Å². The zero-order chi connectivity index (χ0) is 16.4. The Hall–Kier alpha value is -2.15. The summed E-state index contributed by atoms with van der Waals surface area (Å²) in [4.78, 5) is 0. The molecule has 23 heavy (non-hydrogen) atoms. The molecule has 0 bridgehead atoms. The number of aryl methyl sites for hydroxylation is 1. The van der Waals surface area contributed by atoms with Gasteiger partial charge in [-0.25, -0.2) is 13.1 Å². The van der Waals surface area contributed by atoms with E-state index >= 15 is 0 Å². The number of sulfonamides is 1. The Kier molecular flexibility index (Phi) is 4.21. The monoisotopic (exact) mass is 331 g/mol. The fourth-order valence-corrected chi connectivity index (χ4v) is 3.42. The van der Waals surface area contributed by atoms with Gasteiger partial charge >= 0.3 is 0 Å². The molecule has 2 aromatic carbocycles. The van der Waals surface area contributed by atoms with Crippen LogP contribution in [0.1, 0.15) is 17.2 Å². The summed E-state index contributed by atoms with van der Waals surface area (Å²) in [7, 11) is -3.81. The molecule has 0 fully saturated rings. The van der Waals surface area contributed by atoms with Crippen LogP contribution in [0, 0.1) is 6.92 Å². The molecule has 2 N–H and O–H groups in total. The van der Waals surface area contributed by atoms with Crippen molar-refractivity contribution >= 4 is 21.0 Å². The van der Waals surface area contributed by atoms with E-state index in [0.29, 0.717) is 16.5 Å². The van der Waals surface area contributed by atoms with Gasteiger partial charge in [-0.15, -0.1) is 0 Å². The second-order valence-electron chi connectivity index (χ2n) is 5.33. The predicted molar refractivity (Wildman–Crippen MR) is 87.5 cm³/mol. The molecule has 120 valence electrons. The van der Waals surface area contributed by atoms with Gasteiger partial charge in [-0.1, -0.05) is 42.5 Å². The smallest absolute Gasteiger partial charge is 0.274 e. The zero-order valence-corrected chi connectivity index (χ0v) is 13.4. The van der Waals surface area contributed by atoms with E-state index in [4.69, 9.17) is 4.42 Å². The molecule has 1 heterocycles. The van der Waals surface area contributed by atoms with Crippen molar-refractivity contribution in [3.05, 3.63) is 65.7 Å². The van der Waals surface area contributed by atoms with Gasteiger partial charge in [0.15, 0.2) is 0 Å². The van der Waals surface area contributed by atoms with Crippen LogP contribution >= 0.6 is 0 Å². The number of furan rings is 1. The third-order valence-electron chi connectivity index (χ3n) is 3.68. The van der Waals surface area contributed by atoms with E-state index in [2.05, 4.69) is 4.72 Å². The number of para-hydroxylation sites is 1. The minimum absolute atomic E-state index is 0.121. The summed E-state index contributed by atoms with van der Waals surface area (Å²) in [5.41, 5.74) is 2.11. The molecule has 3 rings (SSSR count). The van der Waals surface area contributed by atoms with Crippen LogP contribution in [0.2, 0.25) is 0 Å². The summed E-state index contributed by atoms with van der Waals surface area (Å²) in [6.07, 6.45) is -0.921. The highest BCUT2D eigenvalue weighted by Crippen LogP contribution is 2.23. The largest absolute Gasteiger partial charge is 0.443 e. The van der Waals surface area contributed by atoms with E-state index in [1.54, 1.807) is 30.3 Å². The fourth-order valence-electron chi connectivity index (χ4n) is 2.42. The standard InChI is InChI=1S/C17H17NO4S/c1-12-6-2-4-8-14(12)15(19)11-18-23(20,21)17-10-13-7-3-5-9-16(13)22-17/h2-10,15,18-19H,11H2,1H3/t15-/m0/s1. The van der Waals surface area contributed by atoms with Crippen molar-refractivity contribution < 1.29 is 17.9 Å². The van der Waals surface area contributed by atoms with E-state index in [-0.39, 0.29) is 11.6 Å². The number of hydrogen-bond acceptors (Lipinski definition) is 4. The molecule has 5 nitrogen and oxygen atoms in total. The molecule has 0 aliphatic rings. The van der Waals surface area contributed by atoms with E-state index in [0.717, 1.165) is 5.56 Å². The van der Waals surface area contributed by atoms with Gasteiger partial charge in [-0.3, -0.25) is 0 Å². The quantitative estimate of drug-likeness (QED) is 0.753. The molecule has 0 spiro atoms. The minimum atomic E-state index is -3.81. The Bertz CT molecular complexity index is 897. The van der Waals surface area contributed by atoms with Crippen LogP contribution in [-0.4, -0.2) is 20.1 Å². The summed E-state index contributed by atoms with van der Waals surface area (Å²) in [6, 6.07) is 15.8. The molecule has 0 unspecified atom stereocenters. The second-order valence-corrected chi connectivity index (χ2v) is 7.03. The lowest BCUT2D eigenvalue weighted by atomic mass is 10.0. The molecule has 3 aromatic rings. The molecule has 6 heteroatoms. The summed E-state index contributed by atoms with van der Waals surface area (Å²) in [5.74, 6) is 0. The van der Waals surface area contributed by atoms with Crippen molar-refractivity contribution in [1.82, 2.24) is 4.72 Å². The molecule has 1 atom stereocenters. The van der Waals surface area contributed by atoms with Crippen LogP contribution in [0.4, 0.5) is 0 Å². The normalized spacial score (nSPS) is 13.3. The highest BCUT2D eigenvalue weighted by molar-refractivity contribution is 7.89. The molecule has 0 aliphatic heterocycles. The molecule has 0 aliphatic carbocycles. The maximum Gasteiger partial charge on any atom is 0.274 e. The van der Waals surface area contributed by atoms with E-state index in [1.807, 2.05) is 25.1 Å². The van der Waals surface area contributed by atoms with Gasteiger partial charge in [0.05, 0.1) is 6.10 Å².